The van der Waals surface area contributed by atoms with Gasteiger partial charge in [0.2, 0.25) is 0 Å². The Labute approximate surface area is 195 Å². The third-order valence-corrected chi connectivity index (χ3v) is 6.34. The molecule has 10 heteroatoms. The molecule has 8 nitrogen and oxygen atoms in total. The molecule has 3 aromatic heterocycles. The van der Waals surface area contributed by atoms with Crippen molar-refractivity contribution in [2.24, 2.45) is 0 Å². The van der Waals surface area contributed by atoms with Gasteiger partial charge in [0.15, 0.2) is 11.5 Å². The van der Waals surface area contributed by atoms with Crippen molar-refractivity contribution < 1.29 is 12.8 Å². The van der Waals surface area contributed by atoms with Crippen molar-refractivity contribution in [3.05, 3.63) is 72.8 Å². The highest BCUT2D eigenvalue weighted by Gasteiger charge is 2.18. The fraction of sp³-hybridized carbons (Fsp3) is 0.167. The Bertz CT molecular complexity index is 1560. The number of nitrogens with zero attached hydrogens (tertiary/aromatic N) is 5. The van der Waals surface area contributed by atoms with Crippen LogP contribution < -0.4 is 0 Å². The summed E-state index contributed by atoms with van der Waals surface area (Å²) in [5, 5.41) is 4.63. The maximum atomic E-state index is 13.5. The van der Waals surface area contributed by atoms with Crippen molar-refractivity contribution in [1.82, 2.24) is 29.7 Å². The number of nitrogens with one attached hydrogen (secondary N) is 1. The number of sulfone groups is 1. The molecule has 0 atom stereocenters. The molecule has 0 unspecified atom stereocenters. The average molecular weight is 477 g/mol. The van der Waals surface area contributed by atoms with Crippen LogP contribution >= 0.6 is 0 Å². The van der Waals surface area contributed by atoms with E-state index in [1.54, 1.807) is 29.2 Å². The molecule has 0 aliphatic rings. The van der Waals surface area contributed by atoms with Crippen LogP contribution in [0.1, 0.15) is 6.42 Å². The first-order valence-electron chi connectivity index (χ1n) is 10.7. The number of hydrogen-bond acceptors (Lipinski definition) is 6. The average Bonchev–Trinajstić information content (AvgIpc) is 3.43. The second-order valence-electron chi connectivity index (χ2n) is 8.02. The molecule has 0 radical (unpaired) electrons. The molecule has 0 saturated carbocycles. The molecule has 1 N–H and O–H groups in total. The van der Waals surface area contributed by atoms with Gasteiger partial charge in [0, 0.05) is 30.1 Å². The molecule has 0 fully saturated rings. The van der Waals surface area contributed by atoms with Crippen LogP contribution in [0.25, 0.3) is 45.2 Å². The van der Waals surface area contributed by atoms with E-state index in [1.165, 1.54) is 18.4 Å². The van der Waals surface area contributed by atoms with E-state index in [2.05, 4.69) is 25.0 Å². The highest BCUT2D eigenvalue weighted by Crippen LogP contribution is 2.30. The molecule has 3 heterocycles. The Balaban J connectivity index is 1.54. The summed E-state index contributed by atoms with van der Waals surface area (Å²) in [7, 11) is -3.07. The lowest BCUT2D eigenvalue weighted by molar-refractivity contribution is 0.577. The summed E-state index contributed by atoms with van der Waals surface area (Å²) in [6.07, 6.45) is 5.07. The van der Waals surface area contributed by atoms with Gasteiger partial charge in [-0.05, 0) is 30.7 Å². The van der Waals surface area contributed by atoms with Crippen LogP contribution in [0.15, 0.2) is 67.0 Å². The second-order valence-corrected chi connectivity index (χ2v) is 10.3. The topological polar surface area (TPSA) is 106 Å². The zero-order valence-corrected chi connectivity index (χ0v) is 19.1. The number of imidazole rings is 1. The first kappa shape index (κ1) is 21.9. The van der Waals surface area contributed by atoms with E-state index in [0.717, 1.165) is 5.56 Å². The van der Waals surface area contributed by atoms with Crippen LogP contribution in [0.5, 0.6) is 0 Å². The first-order valence-corrected chi connectivity index (χ1v) is 12.7. The van der Waals surface area contributed by atoms with Gasteiger partial charge in [-0.3, -0.25) is 4.68 Å². The fourth-order valence-electron chi connectivity index (χ4n) is 3.68. The second kappa shape index (κ2) is 8.79. The van der Waals surface area contributed by atoms with E-state index in [1.807, 2.05) is 30.3 Å². The molecule has 5 rings (SSSR count). The molecule has 0 aliphatic heterocycles. The van der Waals surface area contributed by atoms with Crippen LogP contribution in [-0.2, 0) is 16.4 Å². The van der Waals surface area contributed by atoms with Gasteiger partial charge >= 0.3 is 0 Å². The van der Waals surface area contributed by atoms with Gasteiger partial charge in [-0.15, -0.1) is 0 Å². The lowest BCUT2D eigenvalue weighted by Crippen LogP contribution is -2.07. The van der Waals surface area contributed by atoms with Crippen LogP contribution in [-0.4, -0.2) is 50.1 Å². The number of hydrogen-bond donors (Lipinski definition) is 1. The molecular formula is C24H21FN6O2S. The number of H-pyrrole nitrogens is 1. The normalized spacial score (nSPS) is 11.8. The van der Waals surface area contributed by atoms with E-state index >= 15 is 0 Å². The molecular weight excluding hydrogens is 455 g/mol. The monoisotopic (exact) mass is 476 g/mol. The van der Waals surface area contributed by atoms with Gasteiger partial charge in [0.25, 0.3) is 0 Å². The van der Waals surface area contributed by atoms with E-state index in [0.29, 0.717) is 52.6 Å². The lowest BCUT2D eigenvalue weighted by Gasteiger charge is -2.02. The Morgan fingerprint density at radius 3 is 2.50 bits per heavy atom. The fourth-order valence-corrected chi connectivity index (χ4v) is 4.34. The van der Waals surface area contributed by atoms with Gasteiger partial charge in [-0.25, -0.2) is 27.8 Å². The smallest absolute Gasteiger partial charge is 0.165 e. The van der Waals surface area contributed by atoms with Crippen molar-refractivity contribution in [3.63, 3.8) is 0 Å². The van der Waals surface area contributed by atoms with Crippen molar-refractivity contribution in [2.45, 2.75) is 13.0 Å². The van der Waals surface area contributed by atoms with Crippen LogP contribution in [0, 0.1) is 5.82 Å². The van der Waals surface area contributed by atoms with Gasteiger partial charge in [0.05, 0.1) is 17.5 Å². The maximum Gasteiger partial charge on any atom is 0.165 e. The first-order chi connectivity index (χ1) is 16.4. The van der Waals surface area contributed by atoms with E-state index in [-0.39, 0.29) is 11.6 Å². The number of halogens is 1. The molecule has 0 spiro atoms. The molecule has 0 amide bonds. The number of benzene rings is 2. The van der Waals surface area contributed by atoms with Crippen molar-refractivity contribution in [3.8, 4) is 34.0 Å². The molecule has 0 bridgehead atoms. The Morgan fingerprint density at radius 1 is 1.00 bits per heavy atom. The lowest BCUT2D eigenvalue weighted by atomic mass is 10.1. The number of aromatic nitrogens is 6. The minimum absolute atomic E-state index is 0.0624. The zero-order chi connectivity index (χ0) is 23.7. The third kappa shape index (κ3) is 4.72. The van der Waals surface area contributed by atoms with Crippen molar-refractivity contribution >= 4 is 21.0 Å². The number of aryl methyl sites for hydroxylation is 1. The molecule has 0 saturated heterocycles. The summed E-state index contributed by atoms with van der Waals surface area (Å²) < 4.78 is 38.2. The predicted octanol–water partition coefficient (Wildman–Crippen LogP) is 4.12. The van der Waals surface area contributed by atoms with Crippen LogP contribution in [0.3, 0.4) is 0 Å². The van der Waals surface area contributed by atoms with Gasteiger partial charge in [-0.1, -0.05) is 30.3 Å². The Morgan fingerprint density at radius 2 is 1.76 bits per heavy atom. The maximum absolute atomic E-state index is 13.5. The summed E-state index contributed by atoms with van der Waals surface area (Å²) in [5.41, 5.74) is 4.10. The van der Waals surface area contributed by atoms with Crippen molar-refractivity contribution in [2.75, 3.05) is 12.0 Å². The standard InChI is InChI=1S/C24H21FN6O2S/c1-34(32,33)13-5-12-31-15-19(21(30-31)16-8-10-18(25)11-9-16)23-26-14-20-24(29-23)28-22(27-20)17-6-3-2-4-7-17/h2-4,6-11,14-15H,5,12-13H2,1H3,(H,26,27,28,29). The minimum Gasteiger partial charge on any atom is -0.322 e. The van der Waals surface area contributed by atoms with E-state index < -0.39 is 9.84 Å². The van der Waals surface area contributed by atoms with E-state index in [4.69, 9.17) is 0 Å². The molecule has 34 heavy (non-hydrogen) atoms. The Hall–Kier alpha value is -3.92. The van der Waals surface area contributed by atoms with E-state index in [9.17, 15) is 12.8 Å². The predicted molar refractivity (Wildman–Crippen MR) is 128 cm³/mol. The largest absolute Gasteiger partial charge is 0.322 e. The quantitative estimate of drug-likeness (QED) is 0.379. The highest BCUT2D eigenvalue weighted by atomic mass is 32.2. The summed E-state index contributed by atoms with van der Waals surface area (Å²) in [4.78, 5) is 17.0. The summed E-state index contributed by atoms with van der Waals surface area (Å²) in [6, 6.07) is 15.8. The number of fused-ring (bicyclic) bond motifs is 1. The zero-order valence-electron chi connectivity index (χ0n) is 18.3. The summed E-state index contributed by atoms with van der Waals surface area (Å²) in [5.74, 6) is 0.843. The summed E-state index contributed by atoms with van der Waals surface area (Å²) in [6.45, 7) is 0.408. The summed E-state index contributed by atoms with van der Waals surface area (Å²) >= 11 is 0. The van der Waals surface area contributed by atoms with Gasteiger partial charge in [0.1, 0.15) is 32.7 Å². The third-order valence-electron chi connectivity index (χ3n) is 5.31. The molecule has 0 aliphatic carbocycles. The Kier molecular flexibility index (Phi) is 5.66. The minimum atomic E-state index is -3.07. The van der Waals surface area contributed by atoms with Gasteiger partial charge in [-0.2, -0.15) is 5.10 Å². The van der Waals surface area contributed by atoms with Crippen molar-refractivity contribution in [1.29, 1.82) is 0 Å². The van der Waals surface area contributed by atoms with Crippen LogP contribution in [0.2, 0.25) is 0 Å². The highest BCUT2D eigenvalue weighted by molar-refractivity contribution is 7.90. The van der Waals surface area contributed by atoms with Crippen LogP contribution in [0.4, 0.5) is 4.39 Å². The number of rotatable bonds is 7. The SMILES string of the molecule is CS(=O)(=O)CCCn1cc(-c2ncc3nc(-c4ccccc4)[nH]c3n2)c(-c2ccc(F)cc2)n1. The molecule has 2 aromatic carbocycles. The molecule has 172 valence electrons. The number of aromatic amines is 1. The molecule has 5 aromatic rings. The van der Waals surface area contributed by atoms with Gasteiger partial charge < -0.3 is 4.98 Å².